The molecule has 0 aliphatic heterocycles. The summed E-state index contributed by atoms with van der Waals surface area (Å²) in [5, 5.41) is 0. The molecule has 1 aromatic heterocycles. The molecular formula is C13H18O3. The van der Waals surface area contributed by atoms with Crippen LogP contribution in [0.4, 0.5) is 0 Å². The van der Waals surface area contributed by atoms with Crippen LogP contribution in [0.5, 0.6) is 0 Å². The van der Waals surface area contributed by atoms with Gasteiger partial charge in [-0.15, -0.1) is 0 Å². The molecule has 1 aromatic rings. The second kappa shape index (κ2) is 5.10. The van der Waals surface area contributed by atoms with Gasteiger partial charge in [0.05, 0.1) is 11.1 Å². The van der Waals surface area contributed by atoms with Crippen LogP contribution in [-0.2, 0) is 0 Å². The van der Waals surface area contributed by atoms with Gasteiger partial charge < -0.3 is 4.42 Å². The van der Waals surface area contributed by atoms with E-state index in [-0.39, 0.29) is 11.6 Å². The van der Waals surface area contributed by atoms with Crippen molar-refractivity contribution in [2.24, 2.45) is 0 Å². The minimum atomic E-state index is -0.103. The van der Waals surface area contributed by atoms with Gasteiger partial charge >= 0.3 is 0 Å². The summed E-state index contributed by atoms with van der Waals surface area (Å²) in [4.78, 5) is 23.4. The first-order chi connectivity index (χ1) is 7.49. The Kier molecular flexibility index (Phi) is 4.05. The smallest absolute Gasteiger partial charge is 0.167 e. The molecule has 0 amide bonds. The van der Waals surface area contributed by atoms with Crippen LogP contribution < -0.4 is 0 Å². The van der Waals surface area contributed by atoms with Crippen LogP contribution in [0.3, 0.4) is 0 Å². The first kappa shape index (κ1) is 12.7. The minimum absolute atomic E-state index is 0.0152. The Labute approximate surface area is 95.8 Å². The van der Waals surface area contributed by atoms with Gasteiger partial charge in [-0.25, -0.2) is 0 Å². The van der Waals surface area contributed by atoms with Gasteiger partial charge in [0.2, 0.25) is 0 Å². The highest BCUT2D eigenvalue weighted by Crippen LogP contribution is 2.24. The summed E-state index contributed by atoms with van der Waals surface area (Å²) in [7, 11) is 0. The molecule has 3 heteroatoms. The maximum Gasteiger partial charge on any atom is 0.167 e. The van der Waals surface area contributed by atoms with Crippen molar-refractivity contribution in [2.75, 3.05) is 0 Å². The normalized spacial score (nSPS) is 10.5. The molecule has 88 valence electrons. The van der Waals surface area contributed by atoms with Gasteiger partial charge in [0.15, 0.2) is 11.6 Å². The number of furan rings is 1. The van der Waals surface area contributed by atoms with Crippen LogP contribution in [0, 0.1) is 13.8 Å². The molecule has 1 heterocycles. The number of hydrogen-bond acceptors (Lipinski definition) is 3. The third-order valence-electron chi connectivity index (χ3n) is 2.65. The third kappa shape index (κ3) is 2.40. The molecule has 0 aliphatic carbocycles. The van der Waals surface area contributed by atoms with Crippen LogP contribution in [-0.4, -0.2) is 11.6 Å². The zero-order chi connectivity index (χ0) is 12.3. The van der Waals surface area contributed by atoms with Crippen LogP contribution in [0.1, 0.15) is 65.3 Å². The zero-order valence-corrected chi connectivity index (χ0v) is 10.3. The highest BCUT2D eigenvalue weighted by atomic mass is 16.3. The van der Waals surface area contributed by atoms with Crippen molar-refractivity contribution >= 4 is 11.6 Å². The molecule has 0 N–H and O–H groups in total. The van der Waals surface area contributed by atoms with Gasteiger partial charge in [0.25, 0.3) is 0 Å². The highest BCUT2D eigenvalue weighted by Gasteiger charge is 2.23. The van der Waals surface area contributed by atoms with Crippen molar-refractivity contribution in [1.82, 2.24) is 0 Å². The predicted molar refractivity (Wildman–Crippen MR) is 62.0 cm³/mol. The summed E-state index contributed by atoms with van der Waals surface area (Å²) in [6.45, 7) is 6.96. The number of carbonyl (C=O) groups excluding carboxylic acids is 2. The van der Waals surface area contributed by atoms with Gasteiger partial charge in [-0.2, -0.15) is 0 Å². The lowest BCUT2D eigenvalue weighted by Gasteiger charge is -2.00. The fourth-order valence-electron chi connectivity index (χ4n) is 1.91. The predicted octanol–water partition coefficient (Wildman–Crippen LogP) is 3.47. The zero-order valence-electron chi connectivity index (χ0n) is 10.3. The van der Waals surface area contributed by atoms with E-state index in [1.165, 1.54) is 6.92 Å². The average Bonchev–Trinajstić information content (AvgIpc) is 2.50. The molecule has 0 fully saturated rings. The van der Waals surface area contributed by atoms with Crippen molar-refractivity contribution in [3.63, 3.8) is 0 Å². The van der Waals surface area contributed by atoms with Crippen molar-refractivity contribution in [1.29, 1.82) is 0 Å². The summed E-state index contributed by atoms with van der Waals surface area (Å²) >= 11 is 0. The van der Waals surface area contributed by atoms with Crippen molar-refractivity contribution < 1.29 is 14.0 Å². The standard InChI is InChI=1S/C13H18O3/c1-5-6-7-11(15)13-10(4)16-9(3)12(13)8(2)14/h5-7H2,1-4H3. The van der Waals surface area contributed by atoms with E-state index in [2.05, 4.69) is 0 Å². The summed E-state index contributed by atoms with van der Waals surface area (Å²) in [6.07, 6.45) is 2.30. The number of Topliss-reactive ketones (excluding diaryl/α,β-unsaturated/α-hetero) is 2. The molecule has 0 atom stereocenters. The number of aryl methyl sites for hydroxylation is 2. The quantitative estimate of drug-likeness (QED) is 0.716. The largest absolute Gasteiger partial charge is 0.465 e. The van der Waals surface area contributed by atoms with Gasteiger partial charge in [0, 0.05) is 6.42 Å². The van der Waals surface area contributed by atoms with Crippen LogP contribution >= 0.6 is 0 Å². The molecule has 0 unspecified atom stereocenters. The summed E-state index contributed by atoms with van der Waals surface area (Å²) in [5.41, 5.74) is 0.942. The number of hydrogen-bond donors (Lipinski definition) is 0. The average molecular weight is 222 g/mol. The van der Waals surface area contributed by atoms with Gasteiger partial charge in [-0.3, -0.25) is 9.59 Å². The molecule has 0 spiro atoms. The van der Waals surface area contributed by atoms with Gasteiger partial charge in [-0.05, 0) is 27.2 Å². The van der Waals surface area contributed by atoms with E-state index in [1.807, 2.05) is 6.92 Å². The molecule has 1 rings (SSSR count). The molecule has 0 saturated carbocycles. The Morgan fingerprint density at radius 2 is 1.69 bits per heavy atom. The number of ketones is 2. The van der Waals surface area contributed by atoms with Crippen LogP contribution in [0.25, 0.3) is 0 Å². The molecular weight excluding hydrogens is 204 g/mol. The summed E-state index contributed by atoms with van der Waals surface area (Å²) < 4.78 is 5.37. The molecule has 3 nitrogen and oxygen atoms in total. The van der Waals surface area contributed by atoms with E-state index in [0.29, 0.717) is 29.1 Å². The maximum absolute atomic E-state index is 12.0. The Morgan fingerprint density at radius 3 is 2.19 bits per heavy atom. The molecule has 16 heavy (non-hydrogen) atoms. The van der Waals surface area contributed by atoms with Crippen molar-refractivity contribution in [3.8, 4) is 0 Å². The Hall–Kier alpha value is -1.38. The lowest BCUT2D eigenvalue weighted by Crippen LogP contribution is -2.06. The Bertz CT molecular complexity index is 413. The molecule has 0 radical (unpaired) electrons. The van der Waals surface area contributed by atoms with E-state index in [4.69, 9.17) is 4.42 Å². The van der Waals surface area contributed by atoms with Crippen molar-refractivity contribution in [3.05, 3.63) is 22.6 Å². The number of carbonyl (C=O) groups is 2. The molecule has 0 aliphatic rings. The summed E-state index contributed by atoms with van der Waals surface area (Å²) in [5.74, 6) is 1.02. The Balaban J connectivity index is 3.11. The lowest BCUT2D eigenvalue weighted by molar-refractivity contribution is 0.0959. The fraction of sp³-hybridized carbons (Fsp3) is 0.538. The monoisotopic (exact) mass is 222 g/mol. The van der Waals surface area contributed by atoms with Crippen LogP contribution in [0.15, 0.2) is 4.42 Å². The van der Waals surface area contributed by atoms with E-state index < -0.39 is 0 Å². The highest BCUT2D eigenvalue weighted by molar-refractivity contribution is 6.09. The van der Waals surface area contributed by atoms with E-state index in [1.54, 1.807) is 13.8 Å². The molecule has 0 bridgehead atoms. The second-order valence-electron chi connectivity index (χ2n) is 4.05. The number of unbranched alkanes of at least 4 members (excludes halogenated alkanes) is 1. The first-order valence-corrected chi connectivity index (χ1v) is 5.63. The SMILES string of the molecule is CCCCC(=O)c1c(C)oc(C)c1C(C)=O. The van der Waals surface area contributed by atoms with Crippen molar-refractivity contribution in [2.45, 2.75) is 47.0 Å². The maximum atomic E-state index is 12.0. The minimum Gasteiger partial charge on any atom is -0.465 e. The van der Waals surface area contributed by atoms with E-state index >= 15 is 0 Å². The van der Waals surface area contributed by atoms with E-state index in [0.717, 1.165) is 12.8 Å². The first-order valence-electron chi connectivity index (χ1n) is 5.63. The number of rotatable bonds is 5. The van der Waals surface area contributed by atoms with Gasteiger partial charge in [0.1, 0.15) is 11.5 Å². The third-order valence-corrected chi connectivity index (χ3v) is 2.65. The van der Waals surface area contributed by atoms with Crippen LogP contribution in [0.2, 0.25) is 0 Å². The summed E-state index contributed by atoms with van der Waals surface area (Å²) in [6, 6.07) is 0. The van der Waals surface area contributed by atoms with E-state index in [9.17, 15) is 9.59 Å². The lowest BCUT2D eigenvalue weighted by atomic mass is 9.99. The molecule has 0 saturated heterocycles. The Morgan fingerprint density at radius 1 is 1.12 bits per heavy atom. The van der Waals surface area contributed by atoms with Gasteiger partial charge in [-0.1, -0.05) is 13.3 Å². The molecule has 0 aromatic carbocycles. The second-order valence-corrected chi connectivity index (χ2v) is 4.05. The topological polar surface area (TPSA) is 47.3 Å². The fourth-order valence-corrected chi connectivity index (χ4v) is 1.91.